The van der Waals surface area contributed by atoms with E-state index in [1.807, 2.05) is 18.2 Å². The van der Waals surface area contributed by atoms with Crippen molar-refractivity contribution in [1.82, 2.24) is 15.1 Å². The van der Waals surface area contributed by atoms with E-state index in [2.05, 4.69) is 22.2 Å². The standard InChI is InChI=1S/C22H22ClFN4O/c1-15-6-7-17(23)12-21(15)27-10-8-16(14-27)13-25-22(29)19-9-11-28(26-19)20-5-3-2-4-18(20)24/h2-7,9,11-12,16H,8,10,13-14H2,1H3,(H,25,29). The zero-order valence-corrected chi connectivity index (χ0v) is 16.9. The van der Waals surface area contributed by atoms with E-state index in [1.165, 1.54) is 16.3 Å². The molecule has 29 heavy (non-hydrogen) atoms. The minimum Gasteiger partial charge on any atom is -0.371 e. The van der Waals surface area contributed by atoms with Gasteiger partial charge in [-0.1, -0.05) is 29.8 Å². The van der Waals surface area contributed by atoms with Crippen LogP contribution in [0.25, 0.3) is 5.69 Å². The summed E-state index contributed by atoms with van der Waals surface area (Å²) >= 11 is 6.14. The molecule has 1 N–H and O–H groups in total. The lowest BCUT2D eigenvalue weighted by molar-refractivity contribution is 0.0943. The third-order valence-electron chi connectivity index (χ3n) is 5.27. The van der Waals surface area contributed by atoms with Gasteiger partial charge in [0, 0.05) is 36.5 Å². The van der Waals surface area contributed by atoms with Crippen molar-refractivity contribution in [2.24, 2.45) is 5.92 Å². The number of benzene rings is 2. The molecule has 1 fully saturated rings. The quantitative estimate of drug-likeness (QED) is 0.682. The summed E-state index contributed by atoms with van der Waals surface area (Å²) in [5, 5.41) is 7.90. The molecule has 0 bridgehead atoms. The van der Waals surface area contributed by atoms with Crippen molar-refractivity contribution in [2.45, 2.75) is 13.3 Å². The zero-order valence-electron chi connectivity index (χ0n) is 16.1. The summed E-state index contributed by atoms with van der Waals surface area (Å²) in [5.74, 6) is -0.284. The first-order chi connectivity index (χ1) is 14.0. The molecule has 2 aromatic carbocycles. The third-order valence-corrected chi connectivity index (χ3v) is 5.51. The van der Waals surface area contributed by atoms with Crippen LogP contribution in [0.3, 0.4) is 0 Å². The van der Waals surface area contributed by atoms with E-state index < -0.39 is 0 Å². The smallest absolute Gasteiger partial charge is 0.271 e. The van der Waals surface area contributed by atoms with Crippen LogP contribution in [0.5, 0.6) is 0 Å². The Bertz CT molecular complexity index is 1040. The number of amides is 1. The molecule has 1 saturated heterocycles. The number of halogens is 2. The lowest BCUT2D eigenvalue weighted by Crippen LogP contribution is -2.31. The minimum atomic E-state index is -0.384. The van der Waals surface area contributed by atoms with Gasteiger partial charge in [-0.3, -0.25) is 4.79 Å². The van der Waals surface area contributed by atoms with Crippen molar-refractivity contribution in [1.29, 1.82) is 0 Å². The van der Waals surface area contributed by atoms with Gasteiger partial charge < -0.3 is 10.2 Å². The van der Waals surface area contributed by atoms with Crippen LogP contribution in [-0.2, 0) is 0 Å². The third kappa shape index (κ3) is 4.27. The number of anilines is 1. The molecule has 1 aliphatic rings. The molecule has 4 rings (SSSR count). The molecule has 150 valence electrons. The molecule has 3 aromatic rings. The summed E-state index contributed by atoms with van der Waals surface area (Å²) in [6.07, 6.45) is 2.59. The summed E-state index contributed by atoms with van der Waals surface area (Å²) in [7, 11) is 0. The Hall–Kier alpha value is -2.86. The number of hydrogen-bond donors (Lipinski definition) is 1. The lowest BCUT2D eigenvalue weighted by atomic mass is 10.1. The second-order valence-electron chi connectivity index (χ2n) is 7.34. The maximum Gasteiger partial charge on any atom is 0.271 e. The largest absolute Gasteiger partial charge is 0.371 e. The van der Waals surface area contributed by atoms with E-state index in [0.29, 0.717) is 18.2 Å². The molecule has 1 aliphatic heterocycles. The van der Waals surface area contributed by atoms with Crippen LogP contribution in [0.1, 0.15) is 22.5 Å². The fourth-order valence-electron chi connectivity index (χ4n) is 3.69. The lowest BCUT2D eigenvalue weighted by Gasteiger charge is -2.21. The summed E-state index contributed by atoms with van der Waals surface area (Å²) in [5.41, 5.74) is 2.93. The molecule has 2 heterocycles. The molecular formula is C22H22ClFN4O. The van der Waals surface area contributed by atoms with Gasteiger partial charge in [-0.05, 0) is 55.2 Å². The number of hydrogen-bond acceptors (Lipinski definition) is 3. The van der Waals surface area contributed by atoms with Gasteiger partial charge in [0.05, 0.1) is 0 Å². The van der Waals surface area contributed by atoms with Crippen molar-refractivity contribution in [2.75, 3.05) is 24.5 Å². The Morgan fingerprint density at radius 2 is 2.07 bits per heavy atom. The van der Waals surface area contributed by atoms with Gasteiger partial charge in [0.1, 0.15) is 11.5 Å². The summed E-state index contributed by atoms with van der Waals surface area (Å²) < 4.78 is 15.3. The van der Waals surface area contributed by atoms with Gasteiger partial charge in [0.25, 0.3) is 5.91 Å². The zero-order chi connectivity index (χ0) is 20.4. The maximum atomic E-state index is 13.9. The predicted molar refractivity (Wildman–Crippen MR) is 112 cm³/mol. The molecule has 0 radical (unpaired) electrons. The first-order valence-electron chi connectivity index (χ1n) is 9.61. The van der Waals surface area contributed by atoms with E-state index in [9.17, 15) is 9.18 Å². The summed E-state index contributed by atoms with van der Waals surface area (Å²) in [6, 6.07) is 13.8. The van der Waals surface area contributed by atoms with Crippen LogP contribution >= 0.6 is 11.6 Å². The number of carbonyl (C=O) groups excluding carboxylic acids is 1. The Morgan fingerprint density at radius 1 is 1.24 bits per heavy atom. The molecule has 1 aromatic heterocycles. The Balaban J connectivity index is 1.35. The highest BCUT2D eigenvalue weighted by Crippen LogP contribution is 2.29. The highest BCUT2D eigenvalue weighted by Gasteiger charge is 2.24. The molecular weight excluding hydrogens is 391 g/mol. The van der Waals surface area contributed by atoms with Crippen molar-refractivity contribution in [3.63, 3.8) is 0 Å². The average molecular weight is 413 g/mol. The maximum absolute atomic E-state index is 13.9. The van der Waals surface area contributed by atoms with Gasteiger partial charge in [0.2, 0.25) is 0 Å². The van der Waals surface area contributed by atoms with Crippen LogP contribution in [0.2, 0.25) is 5.02 Å². The van der Waals surface area contributed by atoms with E-state index in [1.54, 1.807) is 30.5 Å². The number of rotatable bonds is 5. The molecule has 1 atom stereocenters. The van der Waals surface area contributed by atoms with Crippen LogP contribution in [-0.4, -0.2) is 35.3 Å². The second-order valence-corrected chi connectivity index (χ2v) is 7.77. The Labute approximate surface area is 174 Å². The number of aromatic nitrogens is 2. The van der Waals surface area contributed by atoms with Gasteiger partial charge >= 0.3 is 0 Å². The van der Waals surface area contributed by atoms with Crippen LogP contribution in [0.4, 0.5) is 10.1 Å². The van der Waals surface area contributed by atoms with Crippen LogP contribution < -0.4 is 10.2 Å². The number of aryl methyl sites for hydroxylation is 1. The molecule has 1 amide bonds. The fourth-order valence-corrected chi connectivity index (χ4v) is 3.85. The Morgan fingerprint density at radius 3 is 2.90 bits per heavy atom. The highest BCUT2D eigenvalue weighted by molar-refractivity contribution is 6.30. The van der Waals surface area contributed by atoms with Crippen LogP contribution in [0, 0.1) is 18.7 Å². The van der Waals surface area contributed by atoms with E-state index in [0.717, 1.165) is 30.2 Å². The van der Waals surface area contributed by atoms with Crippen LogP contribution in [0.15, 0.2) is 54.7 Å². The SMILES string of the molecule is Cc1ccc(Cl)cc1N1CCC(CNC(=O)c2ccn(-c3ccccc3F)n2)C1. The number of carbonyl (C=O) groups is 1. The normalized spacial score (nSPS) is 16.2. The fraction of sp³-hybridized carbons (Fsp3) is 0.273. The molecule has 7 heteroatoms. The first kappa shape index (κ1) is 19.5. The molecule has 0 spiro atoms. The van der Waals surface area contributed by atoms with Crippen molar-refractivity contribution < 1.29 is 9.18 Å². The van der Waals surface area contributed by atoms with Crippen molar-refractivity contribution in [3.05, 3.63) is 76.8 Å². The Kier molecular flexibility index (Phi) is 5.53. The minimum absolute atomic E-state index is 0.252. The molecule has 0 aliphatic carbocycles. The number of nitrogens with zero attached hydrogens (tertiary/aromatic N) is 3. The van der Waals surface area contributed by atoms with E-state index >= 15 is 0 Å². The summed E-state index contributed by atoms with van der Waals surface area (Å²) in [6.45, 7) is 4.45. The van der Waals surface area contributed by atoms with Crippen molar-refractivity contribution >= 4 is 23.2 Å². The first-order valence-corrected chi connectivity index (χ1v) is 9.99. The molecule has 0 saturated carbocycles. The van der Waals surface area contributed by atoms with Gasteiger partial charge in [-0.15, -0.1) is 0 Å². The van der Waals surface area contributed by atoms with Crippen molar-refractivity contribution in [3.8, 4) is 5.69 Å². The van der Waals surface area contributed by atoms with Gasteiger partial charge in [-0.25, -0.2) is 9.07 Å². The highest BCUT2D eigenvalue weighted by atomic mass is 35.5. The number of nitrogens with one attached hydrogen (secondary N) is 1. The predicted octanol–water partition coefficient (Wildman–Crippen LogP) is 4.23. The number of para-hydroxylation sites is 1. The second kappa shape index (κ2) is 8.25. The topological polar surface area (TPSA) is 50.2 Å². The molecule has 5 nitrogen and oxygen atoms in total. The molecule has 1 unspecified atom stereocenters. The summed E-state index contributed by atoms with van der Waals surface area (Å²) in [4.78, 5) is 14.8. The average Bonchev–Trinajstić information content (AvgIpc) is 3.38. The van der Waals surface area contributed by atoms with E-state index in [4.69, 9.17) is 11.6 Å². The van der Waals surface area contributed by atoms with Gasteiger partial charge in [0.15, 0.2) is 5.69 Å². The van der Waals surface area contributed by atoms with Gasteiger partial charge in [-0.2, -0.15) is 5.10 Å². The van der Waals surface area contributed by atoms with E-state index in [-0.39, 0.29) is 17.4 Å². The monoisotopic (exact) mass is 412 g/mol.